The van der Waals surface area contributed by atoms with Crippen LogP contribution in [0.1, 0.15) is 35.7 Å². The minimum absolute atomic E-state index is 0.0583. The van der Waals surface area contributed by atoms with Crippen LogP contribution in [0.25, 0.3) is 11.6 Å². The summed E-state index contributed by atoms with van der Waals surface area (Å²) < 4.78 is 25.4. The predicted molar refractivity (Wildman–Crippen MR) is 93.8 cm³/mol. The van der Waals surface area contributed by atoms with E-state index >= 15 is 0 Å². The van der Waals surface area contributed by atoms with Gasteiger partial charge in [-0.25, -0.2) is 8.42 Å². The van der Waals surface area contributed by atoms with Gasteiger partial charge in [0, 0.05) is 12.1 Å². The van der Waals surface area contributed by atoms with E-state index in [0.717, 1.165) is 35.2 Å². The Morgan fingerprint density at radius 2 is 2.16 bits per heavy atom. The van der Waals surface area contributed by atoms with Crippen LogP contribution in [0, 0.1) is 10.1 Å². The first-order valence-corrected chi connectivity index (χ1v) is 9.97. The summed E-state index contributed by atoms with van der Waals surface area (Å²) in [5.41, 5.74) is 3.97. The van der Waals surface area contributed by atoms with Gasteiger partial charge < -0.3 is 0 Å². The molecule has 0 spiro atoms. The van der Waals surface area contributed by atoms with E-state index in [1.54, 1.807) is 12.1 Å². The standard InChI is InChI=1S/C17H17N3O4S/c21-20(22)15-3-1-2-12(9-15)8-13-4-5-14-10-18-19(17(13)14)16-6-7-25(23,24)11-16/h1-3,8-10,16H,4-7,11H2. The van der Waals surface area contributed by atoms with Crippen molar-refractivity contribution >= 4 is 27.2 Å². The van der Waals surface area contributed by atoms with Gasteiger partial charge in [0.2, 0.25) is 0 Å². The molecule has 0 N–H and O–H groups in total. The van der Waals surface area contributed by atoms with Crippen LogP contribution in [0.3, 0.4) is 0 Å². The summed E-state index contributed by atoms with van der Waals surface area (Å²) in [6.07, 6.45) is 6.03. The van der Waals surface area contributed by atoms with E-state index in [9.17, 15) is 18.5 Å². The molecule has 4 rings (SSSR count). The molecule has 0 radical (unpaired) electrons. The monoisotopic (exact) mass is 359 g/mol. The Morgan fingerprint density at radius 1 is 1.32 bits per heavy atom. The van der Waals surface area contributed by atoms with E-state index in [2.05, 4.69) is 5.10 Å². The highest BCUT2D eigenvalue weighted by atomic mass is 32.2. The van der Waals surface area contributed by atoms with Gasteiger partial charge >= 0.3 is 0 Å². The molecular formula is C17H17N3O4S. The van der Waals surface area contributed by atoms with Gasteiger partial charge in [-0.2, -0.15) is 5.10 Å². The van der Waals surface area contributed by atoms with E-state index in [4.69, 9.17) is 0 Å². The van der Waals surface area contributed by atoms with Crippen LogP contribution < -0.4 is 0 Å². The first-order valence-electron chi connectivity index (χ1n) is 8.15. The molecule has 1 atom stereocenters. The van der Waals surface area contributed by atoms with E-state index in [1.165, 1.54) is 6.07 Å². The minimum Gasteiger partial charge on any atom is -0.261 e. The van der Waals surface area contributed by atoms with Gasteiger partial charge in [-0.05, 0) is 42.0 Å². The summed E-state index contributed by atoms with van der Waals surface area (Å²) in [5.74, 6) is 0.335. The molecule has 2 aromatic rings. The lowest BCUT2D eigenvalue weighted by Gasteiger charge is -2.13. The third-order valence-electron chi connectivity index (χ3n) is 4.82. The molecule has 1 saturated heterocycles. The van der Waals surface area contributed by atoms with E-state index < -0.39 is 14.8 Å². The van der Waals surface area contributed by atoms with E-state index in [1.807, 2.05) is 23.0 Å². The SMILES string of the molecule is O=[N+]([O-])c1cccc(C=C2CCc3cnn(C4CCS(=O)(=O)C4)c32)c1. The Bertz CT molecular complexity index is 991. The van der Waals surface area contributed by atoms with Crippen LogP contribution in [-0.2, 0) is 16.3 Å². The maximum atomic E-state index is 11.8. The fourth-order valence-electron chi connectivity index (χ4n) is 3.64. The summed E-state index contributed by atoms with van der Waals surface area (Å²) in [6.45, 7) is 0. The molecule has 0 saturated carbocycles. The normalized spacial score (nSPS) is 23.0. The molecule has 7 nitrogen and oxygen atoms in total. The summed E-state index contributed by atoms with van der Waals surface area (Å²) in [4.78, 5) is 10.5. The summed E-state index contributed by atoms with van der Waals surface area (Å²) >= 11 is 0. The molecule has 0 bridgehead atoms. The van der Waals surface area contributed by atoms with Crippen molar-refractivity contribution in [1.82, 2.24) is 9.78 Å². The lowest BCUT2D eigenvalue weighted by atomic mass is 10.1. The number of aryl methyl sites for hydroxylation is 1. The van der Waals surface area contributed by atoms with Gasteiger partial charge in [0.1, 0.15) is 0 Å². The van der Waals surface area contributed by atoms with Gasteiger partial charge in [0.05, 0.1) is 34.4 Å². The lowest BCUT2D eigenvalue weighted by Crippen LogP contribution is -2.14. The van der Waals surface area contributed by atoms with E-state index in [0.29, 0.717) is 6.42 Å². The molecule has 1 fully saturated rings. The van der Waals surface area contributed by atoms with Crippen LogP contribution in [-0.4, -0.2) is 34.6 Å². The molecule has 0 amide bonds. The Labute approximate surface area is 145 Å². The minimum atomic E-state index is -2.99. The molecule has 1 aromatic heterocycles. The van der Waals surface area contributed by atoms with Gasteiger partial charge in [0.25, 0.3) is 5.69 Å². The second kappa shape index (κ2) is 5.80. The van der Waals surface area contributed by atoms with Crippen molar-refractivity contribution in [3.63, 3.8) is 0 Å². The van der Waals surface area contributed by atoms with Crippen molar-refractivity contribution in [2.45, 2.75) is 25.3 Å². The van der Waals surface area contributed by atoms with Crippen molar-refractivity contribution in [3.8, 4) is 0 Å². The number of hydrogen-bond acceptors (Lipinski definition) is 5. The van der Waals surface area contributed by atoms with Crippen molar-refractivity contribution in [2.75, 3.05) is 11.5 Å². The van der Waals surface area contributed by atoms with Gasteiger partial charge in [-0.15, -0.1) is 0 Å². The topological polar surface area (TPSA) is 95.1 Å². The first kappa shape index (κ1) is 16.0. The molecule has 25 heavy (non-hydrogen) atoms. The third kappa shape index (κ3) is 2.97. The number of non-ortho nitro benzene ring substituents is 1. The van der Waals surface area contributed by atoms with E-state index in [-0.39, 0.29) is 23.2 Å². The summed E-state index contributed by atoms with van der Waals surface area (Å²) in [5, 5.41) is 15.4. The van der Waals surface area contributed by atoms with Gasteiger partial charge in [-0.1, -0.05) is 12.1 Å². The zero-order valence-electron chi connectivity index (χ0n) is 13.5. The highest BCUT2D eigenvalue weighted by Crippen LogP contribution is 2.37. The van der Waals surface area contributed by atoms with Crippen LogP contribution in [0.5, 0.6) is 0 Å². The highest BCUT2D eigenvalue weighted by molar-refractivity contribution is 7.91. The van der Waals surface area contributed by atoms with Gasteiger partial charge in [0.15, 0.2) is 9.84 Å². The zero-order valence-corrected chi connectivity index (χ0v) is 14.3. The molecule has 8 heteroatoms. The maximum absolute atomic E-state index is 11.8. The van der Waals surface area contributed by atoms with Crippen molar-refractivity contribution in [3.05, 3.63) is 57.4 Å². The molecule has 2 aliphatic rings. The quantitative estimate of drug-likeness (QED) is 0.620. The maximum Gasteiger partial charge on any atom is 0.270 e. The smallest absolute Gasteiger partial charge is 0.261 e. The number of nitrogens with zero attached hydrogens (tertiary/aromatic N) is 3. The number of fused-ring (bicyclic) bond motifs is 1. The number of allylic oxidation sites excluding steroid dienone is 1. The number of rotatable bonds is 3. The second-order valence-electron chi connectivity index (χ2n) is 6.54. The number of aromatic nitrogens is 2. The molecule has 2 heterocycles. The van der Waals surface area contributed by atoms with Crippen LogP contribution in [0.15, 0.2) is 30.5 Å². The molecule has 1 aliphatic carbocycles. The lowest BCUT2D eigenvalue weighted by molar-refractivity contribution is -0.384. The molecule has 1 aliphatic heterocycles. The molecule has 130 valence electrons. The second-order valence-corrected chi connectivity index (χ2v) is 8.77. The Morgan fingerprint density at radius 3 is 2.88 bits per heavy atom. The molecule has 1 unspecified atom stereocenters. The average molecular weight is 359 g/mol. The van der Waals surface area contributed by atoms with Crippen molar-refractivity contribution in [1.29, 1.82) is 0 Å². The first-order chi connectivity index (χ1) is 11.9. The van der Waals surface area contributed by atoms with Crippen LogP contribution in [0.2, 0.25) is 0 Å². The van der Waals surface area contributed by atoms with Crippen molar-refractivity contribution in [2.24, 2.45) is 0 Å². The number of sulfone groups is 1. The predicted octanol–water partition coefficient (Wildman–Crippen LogP) is 2.64. The number of benzene rings is 1. The fraction of sp³-hybridized carbons (Fsp3) is 0.353. The Kier molecular flexibility index (Phi) is 3.72. The molecular weight excluding hydrogens is 342 g/mol. The van der Waals surface area contributed by atoms with Gasteiger partial charge in [-0.3, -0.25) is 14.8 Å². The summed E-state index contributed by atoms with van der Waals surface area (Å²) in [6, 6.07) is 6.39. The van der Waals surface area contributed by atoms with Crippen LogP contribution >= 0.6 is 0 Å². The number of hydrogen-bond donors (Lipinski definition) is 0. The number of nitro benzene ring substituents is 1. The number of nitro groups is 1. The largest absolute Gasteiger partial charge is 0.270 e. The fourth-order valence-corrected chi connectivity index (χ4v) is 5.33. The molecule has 1 aromatic carbocycles. The zero-order chi connectivity index (χ0) is 17.6. The Balaban J connectivity index is 1.71. The average Bonchev–Trinajstić information content (AvgIpc) is 3.24. The van der Waals surface area contributed by atoms with Crippen LogP contribution in [0.4, 0.5) is 5.69 Å². The third-order valence-corrected chi connectivity index (χ3v) is 6.57. The summed E-state index contributed by atoms with van der Waals surface area (Å²) in [7, 11) is -2.99. The highest BCUT2D eigenvalue weighted by Gasteiger charge is 2.33. The Hall–Kier alpha value is -2.48. The van der Waals surface area contributed by atoms with Crippen molar-refractivity contribution < 1.29 is 13.3 Å².